The van der Waals surface area contributed by atoms with Gasteiger partial charge in [-0.05, 0) is 32.4 Å². The van der Waals surface area contributed by atoms with Crippen molar-refractivity contribution >= 4 is 5.91 Å². The van der Waals surface area contributed by atoms with E-state index < -0.39 is 0 Å². The lowest BCUT2D eigenvalue weighted by Gasteiger charge is -2.15. The predicted octanol–water partition coefficient (Wildman–Crippen LogP) is 2.27. The van der Waals surface area contributed by atoms with Gasteiger partial charge < -0.3 is 10.2 Å². The second kappa shape index (κ2) is 9.64. The summed E-state index contributed by atoms with van der Waals surface area (Å²) in [5.74, 6) is 0.844. The predicted molar refractivity (Wildman–Crippen MR) is 69.5 cm³/mol. The van der Waals surface area contributed by atoms with Gasteiger partial charge in [0.05, 0.1) is 0 Å². The Balaban J connectivity index is 3.42. The summed E-state index contributed by atoms with van der Waals surface area (Å²) in [7, 11) is 2.08. The minimum absolute atomic E-state index is 0.184. The van der Waals surface area contributed by atoms with Crippen molar-refractivity contribution in [1.29, 1.82) is 0 Å². The van der Waals surface area contributed by atoms with E-state index in [1.807, 2.05) is 0 Å². The number of hydrogen-bond donors (Lipinski definition) is 1. The SMILES string of the molecule is CCCCN(C)CCC(=O)NCCC(C)C. The Labute approximate surface area is 101 Å². The van der Waals surface area contributed by atoms with Crippen LogP contribution < -0.4 is 5.32 Å². The molecule has 0 aliphatic heterocycles. The minimum Gasteiger partial charge on any atom is -0.356 e. The lowest BCUT2D eigenvalue weighted by Crippen LogP contribution is -2.30. The molecule has 0 aliphatic carbocycles. The first-order valence-corrected chi connectivity index (χ1v) is 6.51. The number of nitrogens with zero attached hydrogens (tertiary/aromatic N) is 1. The molecule has 0 aromatic rings. The van der Waals surface area contributed by atoms with Crippen LogP contribution in [0.2, 0.25) is 0 Å². The molecule has 1 N–H and O–H groups in total. The molecule has 0 bridgehead atoms. The molecular formula is C13H28N2O. The summed E-state index contributed by atoms with van der Waals surface area (Å²) in [6.45, 7) is 9.31. The quantitative estimate of drug-likeness (QED) is 0.656. The number of amides is 1. The highest BCUT2D eigenvalue weighted by Gasteiger charge is 2.04. The number of carbonyl (C=O) groups is 1. The zero-order chi connectivity index (χ0) is 12.4. The average Bonchev–Trinajstić information content (AvgIpc) is 2.23. The summed E-state index contributed by atoms with van der Waals surface area (Å²) in [6, 6.07) is 0. The van der Waals surface area contributed by atoms with Gasteiger partial charge in [0.1, 0.15) is 0 Å². The third kappa shape index (κ3) is 9.97. The highest BCUT2D eigenvalue weighted by Crippen LogP contribution is 1.97. The zero-order valence-electron chi connectivity index (χ0n) is 11.4. The lowest BCUT2D eigenvalue weighted by atomic mass is 10.1. The number of carbonyl (C=O) groups excluding carboxylic acids is 1. The summed E-state index contributed by atoms with van der Waals surface area (Å²) in [4.78, 5) is 13.7. The van der Waals surface area contributed by atoms with E-state index in [1.54, 1.807) is 0 Å². The standard InChI is InChI=1S/C13H28N2O/c1-5-6-10-15(4)11-8-13(16)14-9-7-12(2)3/h12H,5-11H2,1-4H3,(H,14,16). The molecular weight excluding hydrogens is 200 g/mol. The summed E-state index contributed by atoms with van der Waals surface area (Å²) in [5.41, 5.74) is 0. The highest BCUT2D eigenvalue weighted by molar-refractivity contribution is 5.75. The maximum Gasteiger partial charge on any atom is 0.221 e. The Kier molecular flexibility index (Phi) is 9.30. The molecule has 16 heavy (non-hydrogen) atoms. The van der Waals surface area contributed by atoms with Crippen LogP contribution in [0.1, 0.15) is 46.5 Å². The van der Waals surface area contributed by atoms with Gasteiger partial charge in [-0.15, -0.1) is 0 Å². The summed E-state index contributed by atoms with van der Waals surface area (Å²) >= 11 is 0. The van der Waals surface area contributed by atoms with E-state index >= 15 is 0 Å². The van der Waals surface area contributed by atoms with Crippen LogP contribution in [0.5, 0.6) is 0 Å². The largest absolute Gasteiger partial charge is 0.356 e. The highest BCUT2D eigenvalue weighted by atomic mass is 16.1. The van der Waals surface area contributed by atoms with Crippen molar-refractivity contribution in [1.82, 2.24) is 10.2 Å². The third-order valence-electron chi connectivity index (χ3n) is 2.66. The van der Waals surface area contributed by atoms with Gasteiger partial charge in [0.25, 0.3) is 0 Å². The van der Waals surface area contributed by atoms with E-state index in [-0.39, 0.29) is 5.91 Å². The van der Waals surface area contributed by atoms with Crippen LogP contribution in [0.4, 0.5) is 0 Å². The molecule has 0 rings (SSSR count). The molecule has 1 amide bonds. The number of nitrogens with one attached hydrogen (secondary N) is 1. The number of hydrogen-bond acceptors (Lipinski definition) is 2. The smallest absolute Gasteiger partial charge is 0.221 e. The second-order valence-electron chi connectivity index (χ2n) is 4.94. The molecule has 0 aliphatic rings. The molecule has 0 spiro atoms. The monoisotopic (exact) mass is 228 g/mol. The maximum absolute atomic E-state index is 11.5. The summed E-state index contributed by atoms with van der Waals surface area (Å²) in [6.07, 6.45) is 4.12. The molecule has 0 aromatic carbocycles. The van der Waals surface area contributed by atoms with Gasteiger partial charge in [-0.3, -0.25) is 4.79 Å². The molecule has 96 valence electrons. The molecule has 0 heterocycles. The van der Waals surface area contributed by atoms with Crippen molar-refractivity contribution in [2.45, 2.75) is 46.5 Å². The first kappa shape index (κ1) is 15.4. The Morgan fingerprint density at radius 3 is 2.56 bits per heavy atom. The van der Waals surface area contributed by atoms with Gasteiger partial charge in [0.15, 0.2) is 0 Å². The van der Waals surface area contributed by atoms with Crippen molar-refractivity contribution in [3.8, 4) is 0 Å². The van der Waals surface area contributed by atoms with Gasteiger partial charge in [-0.2, -0.15) is 0 Å². The van der Waals surface area contributed by atoms with Gasteiger partial charge in [0, 0.05) is 19.5 Å². The molecule has 0 atom stereocenters. The van der Waals surface area contributed by atoms with E-state index in [2.05, 4.69) is 38.0 Å². The van der Waals surface area contributed by atoms with Crippen LogP contribution >= 0.6 is 0 Å². The van der Waals surface area contributed by atoms with Gasteiger partial charge in [-0.25, -0.2) is 0 Å². The number of rotatable bonds is 9. The normalized spacial score (nSPS) is 11.1. The van der Waals surface area contributed by atoms with Crippen LogP contribution in [0.15, 0.2) is 0 Å². The fraction of sp³-hybridized carbons (Fsp3) is 0.923. The summed E-state index contributed by atoms with van der Waals surface area (Å²) < 4.78 is 0. The van der Waals surface area contributed by atoms with Crippen LogP contribution in [0, 0.1) is 5.92 Å². The van der Waals surface area contributed by atoms with Gasteiger partial charge in [0.2, 0.25) is 5.91 Å². The van der Waals surface area contributed by atoms with Crippen LogP contribution in [0.25, 0.3) is 0 Å². The maximum atomic E-state index is 11.5. The van der Waals surface area contributed by atoms with E-state index in [9.17, 15) is 4.79 Å². The molecule has 3 heteroatoms. The van der Waals surface area contributed by atoms with Crippen molar-refractivity contribution < 1.29 is 4.79 Å². The zero-order valence-corrected chi connectivity index (χ0v) is 11.4. The summed E-state index contributed by atoms with van der Waals surface area (Å²) in [5, 5.41) is 2.96. The first-order chi connectivity index (χ1) is 7.56. The molecule has 0 unspecified atom stereocenters. The molecule has 0 radical (unpaired) electrons. The molecule has 0 fully saturated rings. The van der Waals surface area contributed by atoms with E-state index in [0.29, 0.717) is 12.3 Å². The first-order valence-electron chi connectivity index (χ1n) is 6.51. The van der Waals surface area contributed by atoms with Crippen LogP contribution in [0.3, 0.4) is 0 Å². The molecule has 0 saturated carbocycles. The topological polar surface area (TPSA) is 32.3 Å². The van der Waals surface area contributed by atoms with E-state index in [4.69, 9.17) is 0 Å². The van der Waals surface area contributed by atoms with E-state index in [0.717, 1.165) is 26.1 Å². The van der Waals surface area contributed by atoms with Crippen molar-refractivity contribution in [2.24, 2.45) is 5.92 Å². The van der Waals surface area contributed by atoms with E-state index in [1.165, 1.54) is 12.8 Å². The molecule has 0 aromatic heterocycles. The average molecular weight is 228 g/mol. The Hall–Kier alpha value is -0.570. The van der Waals surface area contributed by atoms with Crippen molar-refractivity contribution in [3.05, 3.63) is 0 Å². The lowest BCUT2D eigenvalue weighted by molar-refractivity contribution is -0.121. The third-order valence-corrected chi connectivity index (χ3v) is 2.66. The van der Waals surface area contributed by atoms with Crippen molar-refractivity contribution in [2.75, 3.05) is 26.7 Å². The minimum atomic E-state index is 0.184. The molecule has 3 nitrogen and oxygen atoms in total. The fourth-order valence-corrected chi connectivity index (χ4v) is 1.42. The fourth-order valence-electron chi connectivity index (χ4n) is 1.42. The Morgan fingerprint density at radius 2 is 2.00 bits per heavy atom. The number of unbranched alkanes of at least 4 members (excludes halogenated alkanes) is 1. The van der Waals surface area contributed by atoms with Crippen molar-refractivity contribution in [3.63, 3.8) is 0 Å². The van der Waals surface area contributed by atoms with Crippen LogP contribution in [-0.4, -0.2) is 37.5 Å². The van der Waals surface area contributed by atoms with Crippen LogP contribution in [-0.2, 0) is 4.79 Å². The second-order valence-corrected chi connectivity index (χ2v) is 4.94. The van der Waals surface area contributed by atoms with Gasteiger partial charge in [-0.1, -0.05) is 27.2 Å². The van der Waals surface area contributed by atoms with Gasteiger partial charge >= 0.3 is 0 Å². The Bertz CT molecular complexity index is 181. The molecule has 0 saturated heterocycles. The Morgan fingerprint density at radius 1 is 1.31 bits per heavy atom.